The summed E-state index contributed by atoms with van der Waals surface area (Å²) in [5, 5.41) is 4.53. The minimum Gasteiger partial charge on any atom is -0.452 e. The predicted octanol–water partition coefficient (Wildman–Crippen LogP) is 2.89. The lowest BCUT2D eigenvalue weighted by atomic mass is 10.2. The second-order valence-corrected chi connectivity index (χ2v) is 5.87. The van der Waals surface area contributed by atoms with E-state index in [1.807, 2.05) is 30.3 Å². The smallest absolute Gasteiger partial charge is 0.331 e. The summed E-state index contributed by atoms with van der Waals surface area (Å²) in [6, 6.07) is 9.96. The largest absolute Gasteiger partial charge is 0.452 e. The number of hydrogen-bond donors (Lipinski definition) is 1. The van der Waals surface area contributed by atoms with Gasteiger partial charge in [0, 0.05) is 17.0 Å². The van der Waals surface area contributed by atoms with Crippen molar-refractivity contribution in [2.45, 2.75) is 36.6 Å². The van der Waals surface area contributed by atoms with Crippen molar-refractivity contribution in [3.05, 3.63) is 41.8 Å². The summed E-state index contributed by atoms with van der Waals surface area (Å²) in [4.78, 5) is 24.1. The molecule has 1 saturated carbocycles. The molecule has 5 heteroatoms. The van der Waals surface area contributed by atoms with E-state index in [0.29, 0.717) is 0 Å². The standard InChI is InChI=1S/C16H19NO3S/c18-15(17-13-6-4-5-7-13)12-20-16(19)10-11-21-14-8-2-1-3-9-14/h1-3,8-11,13H,4-7,12H2,(H,17,18)/b11-10+. The van der Waals surface area contributed by atoms with Gasteiger partial charge in [-0.1, -0.05) is 42.8 Å². The van der Waals surface area contributed by atoms with E-state index in [4.69, 9.17) is 4.74 Å². The number of ether oxygens (including phenoxy) is 1. The highest BCUT2D eigenvalue weighted by Crippen LogP contribution is 2.18. The van der Waals surface area contributed by atoms with Gasteiger partial charge < -0.3 is 10.1 Å². The van der Waals surface area contributed by atoms with Gasteiger partial charge in [0.05, 0.1) is 0 Å². The third-order valence-electron chi connectivity index (χ3n) is 3.22. The second-order valence-electron chi connectivity index (χ2n) is 4.89. The fourth-order valence-corrected chi connectivity index (χ4v) is 2.84. The van der Waals surface area contributed by atoms with Gasteiger partial charge in [-0.25, -0.2) is 4.79 Å². The molecule has 0 aliphatic heterocycles. The normalized spacial score (nSPS) is 15.2. The highest BCUT2D eigenvalue weighted by molar-refractivity contribution is 8.02. The second kappa shape index (κ2) is 8.52. The molecule has 1 aromatic rings. The van der Waals surface area contributed by atoms with Crippen molar-refractivity contribution in [1.82, 2.24) is 5.32 Å². The first kappa shape index (κ1) is 15.6. The number of benzene rings is 1. The minimum atomic E-state index is -0.500. The Kier molecular flexibility index (Phi) is 6.34. The quantitative estimate of drug-likeness (QED) is 0.499. The molecule has 1 N–H and O–H groups in total. The van der Waals surface area contributed by atoms with Gasteiger partial charge in [-0.05, 0) is 30.4 Å². The topological polar surface area (TPSA) is 55.4 Å². The third kappa shape index (κ3) is 6.04. The first-order valence-corrected chi connectivity index (χ1v) is 7.96. The zero-order chi connectivity index (χ0) is 14.9. The number of thioether (sulfide) groups is 1. The summed E-state index contributed by atoms with van der Waals surface area (Å²) in [5.41, 5.74) is 0. The third-order valence-corrected chi connectivity index (χ3v) is 4.03. The monoisotopic (exact) mass is 305 g/mol. The summed E-state index contributed by atoms with van der Waals surface area (Å²) in [6.07, 6.45) is 5.69. The summed E-state index contributed by atoms with van der Waals surface area (Å²) in [7, 11) is 0. The summed E-state index contributed by atoms with van der Waals surface area (Å²) in [5.74, 6) is -0.723. The van der Waals surface area contributed by atoms with E-state index in [1.165, 1.54) is 17.8 Å². The van der Waals surface area contributed by atoms with Crippen LogP contribution in [0.25, 0.3) is 0 Å². The molecule has 1 aromatic carbocycles. The Bertz CT molecular complexity index is 496. The predicted molar refractivity (Wildman–Crippen MR) is 82.8 cm³/mol. The maximum Gasteiger partial charge on any atom is 0.331 e. The molecule has 112 valence electrons. The number of carbonyl (C=O) groups excluding carboxylic acids is 2. The van der Waals surface area contributed by atoms with E-state index in [2.05, 4.69) is 5.32 Å². The summed E-state index contributed by atoms with van der Waals surface area (Å²) < 4.78 is 4.90. The highest BCUT2D eigenvalue weighted by atomic mass is 32.2. The Balaban J connectivity index is 1.63. The molecule has 0 saturated heterocycles. The first-order valence-electron chi connectivity index (χ1n) is 7.08. The van der Waals surface area contributed by atoms with Crippen LogP contribution in [0.4, 0.5) is 0 Å². The zero-order valence-corrected chi connectivity index (χ0v) is 12.6. The van der Waals surface area contributed by atoms with Crippen molar-refractivity contribution in [3.8, 4) is 0 Å². The molecule has 1 amide bonds. The van der Waals surface area contributed by atoms with E-state index in [-0.39, 0.29) is 18.6 Å². The van der Waals surface area contributed by atoms with Crippen LogP contribution in [0, 0.1) is 0 Å². The Morgan fingerprint density at radius 1 is 1.24 bits per heavy atom. The van der Waals surface area contributed by atoms with Crippen LogP contribution in [0.5, 0.6) is 0 Å². The fraction of sp³-hybridized carbons (Fsp3) is 0.375. The molecule has 1 aliphatic carbocycles. The maximum absolute atomic E-state index is 11.6. The Morgan fingerprint density at radius 3 is 2.67 bits per heavy atom. The van der Waals surface area contributed by atoms with Gasteiger partial charge in [0.25, 0.3) is 5.91 Å². The van der Waals surface area contributed by atoms with Crippen LogP contribution in [0.15, 0.2) is 46.7 Å². The Hall–Kier alpha value is -1.75. The molecule has 21 heavy (non-hydrogen) atoms. The van der Waals surface area contributed by atoms with Gasteiger partial charge in [0.15, 0.2) is 6.61 Å². The molecule has 0 bridgehead atoms. The van der Waals surface area contributed by atoms with E-state index in [0.717, 1.165) is 30.6 Å². The van der Waals surface area contributed by atoms with Crippen LogP contribution in [0.2, 0.25) is 0 Å². The molecular formula is C16H19NO3S. The number of amides is 1. The van der Waals surface area contributed by atoms with Crippen LogP contribution in [0.1, 0.15) is 25.7 Å². The van der Waals surface area contributed by atoms with E-state index < -0.39 is 5.97 Å². The van der Waals surface area contributed by atoms with Crippen LogP contribution in [0.3, 0.4) is 0 Å². The van der Waals surface area contributed by atoms with E-state index in [1.54, 1.807) is 5.41 Å². The Morgan fingerprint density at radius 2 is 1.95 bits per heavy atom. The number of nitrogens with one attached hydrogen (secondary N) is 1. The maximum atomic E-state index is 11.6. The highest BCUT2D eigenvalue weighted by Gasteiger charge is 2.17. The fourth-order valence-electron chi connectivity index (χ4n) is 2.19. The molecule has 0 aromatic heterocycles. The Labute approximate surface area is 128 Å². The number of esters is 1. The lowest BCUT2D eigenvalue weighted by Crippen LogP contribution is -2.35. The van der Waals surface area contributed by atoms with Crippen LogP contribution >= 0.6 is 11.8 Å². The van der Waals surface area contributed by atoms with Crippen molar-refractivity contribution >= 4 is 23.6 Å². The van der Waals surface area contributed by atoms with Gasteiger partial charge >= 0.3 is 5.97 Å². The molecule has 1 aliphatic rings. The average molecular weight is 305 g/mol. The molecule has 0 atom stereocenters. The summed E-state index contributed by atoms with van der Waals surface area (Å²) in [6.45, 7) is -0.213. The number of rotatable bonds is 6. The van der Waals surface area contributed by atoms with Gasteiger partial charge in [-0.15, -0.1) is 0 Å². The van der Waals surface area contributed by atoms with Crippen molar-refractivity contribution in [2.24, 2.45) is 0 Å². The van der Waals surface area contributed by atoms with Gasteiger partial charge in [-0.2, -0.15) is 0 Å². The van der Waals surface area contributed by atoms with Crippen LogP contribution in [-0.4, -0.2) is 24.5 Å². The average Bonchev–Trinajstić information content (AvgIpc) is 2.99. The van der Waals surface area contributed by atoms with Gasteiger partial charge in [0.1, 0.15) is 0 Å². The summed E-state index contributed by atoms with van der Waals surface area (Å²) >= 11 is 1.43. The molecule has 0 spiro atoms. The number of carbonyl (C=O) groups is 2. The van der Waals surface area contributed by atoms with Crippen LogP contribution in [-0.2, 0) is 14.3 Å². The van der Waals surface area contributed by atoms with Gasteiger partial charge in [0.2, 0.25) is 0 Å². The van der Waals surface area contributed by atoms with Crippen molar-refractivity contribution < 1.29 is 14.3 Å². The molecule has 1 fully saturated rings. The van der Waals surface area contributed by atoms with Crippen molar-refractivity contribution in [3.63, 3.8) is 0 Å². The van der Waals surface area contributed by atoms with Crippen molar-refractivity contribution in [2.75, 3.05) is 6.61 Å². The van der Waals surface area contributed by atoms with Crippen molar-refractivity contribution in [1.29, 1.82) is 0 Å². The first-order chi connectivity index (χ1) is 10.2. The van der Waals surface area contributed by atoms with E-state index in [9.17, 15) is 9.59 Å². The van der Waals surface area contributed by atoms with Gasteiger partial charge in [-0.3, -0.25) is 4.79 Å². The minimum absolute atomic E-state index is 0.213. The molecule has 0 radical (unpaired) electrons. The molecule has 0 unspecified atom stereocenters. The lowest BCUT2D eigenvalue weighted by molar-refractivity contribution is -0.144. The molecule has 4 nitrogen and oxygen atoms in total. The molecule has 0 heterocycles. The SMILES string of the molecule is O=C(COC(=O)/C=C/Sc1ccccc1)NC1CCCC1. The molecule has 2 rings (SSSR count). The zero-order valence-electron chi connectivity index (χ0n) is 11.8. The van der Waals surface area contributed by atoms with Crippen LogP contribution < -0.4 is 5.32 Å². The molecular weight excluding hydrogens is 286 g/mol. The van der Waals surface area contributed by atoms with E-state index >= 15 is 0 Å². The lowest BCUT2D eigenvalue weighted by Gasteiger charge is -2.11. The number of hydrogen-bond acceptors (Lipinski definition) is 4.